The minimum absolute atomic E-state index is 0.506. The number of nitrogens with zero attached hydrogens (tertiary/aromatic N) is 3. The van der Waals surface area contributed by atoms with Gasteiger partial charge in [-0.3, -0.25) is 0 Å². The highest BCUT2D eigenvalue weighted by atomic mass is 35.5. The molecule has 0 amide bonds. The summed E-state index contributed by atoms with van der Waals surface area (Å²) in [5.41, 5.74) is 0.744. The molecule has 5 heteroatoms. The topological polar surface area (TPSA) is 30.7 Å². The van der Waals surface area contributed by atoms with E-state index in [1.807, 2.05) is 10.6 Å². The molecule has 1 aromatic heterocycles. The molecule has 0 saturated carbocycles. The van der Waals surface area contributed by atoms with Crippen LogP contribution in [0.1, 0.15) is 13.8 Å². The lowest BCUT2D eigenvalue weighted by atomic mass is 10.2. The third kappa shape index (κ3) is 2.61. The van der Waals surface area contributed by atoms with Crippen molar-refractivity contribution in [3.63, 3.8) is 0 Å². The number of aromatic nitrogens is 3. The average Bonchev–Trinajstić information content (AvgIpc) is 2.65. The zero-order chi connectivity index (χ0) is 12.4. The molecule has 2 rings (SSSR count). The minimum Gasteiger partial charge on any atom is -0.313 e. The first-order chi connectivity index (χ1) is 8.09. The van der Waals surface area contributed by atoms with Crippen LogP contribution in [0.5, 0.6) is 0 Å². The van der Waals surface area contributed by atoms with Crippen LogP contribution < -0.4 is 0 Å². The maximum atomic E-state index is 6.16. The number of benzene rings is 1. The molecule has 90 valence electrons. The van der Waals surface area contributed by atoms with Crippen molar-refractivity contribution in [1.29, 1.82) is 0 Å². The van der Waals surface area contributed by atoms with Crippen LogP contribution in [0.2, 0.25) is 10.0 Å². The molecular formula is C12H13Cl2N3. The van der Waals surface area contributed by atoms with Gasteiger partial charge in [0.05, 0.1) is 15.6 Å². The van der Waals surface area contributed by atoms with Crippen LogP contribution in [0.15, 0.2) is 24.5 Å². The normalized spacial score (nSPS) is 11.1. The van der Waals surface area contributed by atoms with Crippen molar-refractivity contribution in [3.05, 3.63) is 34.6 Å². The fraction of sp³-hybridized carbons (Fsp3) is 0.333. The molecule has 0 fully saturated rings. The van der Waals surface area contributed by atoms with Gasteiger partial charge < -0.3 is 4.57 Å². The van der Waals surface area contributed by atoms with E-state index in [1.165, 1.54) is 0 Å². The summed E-state index contributed by atoms with van der Waals surface area (Å²) in [7, 11) is 0. The van der Waals surface area contributed by atoms with E-state index < -0.39 is 0 Å². The number of hydrogen-bond acceptors (Lipinski definition) is 2. The fourth-order valence-electron chi connectivity index (χ4n) is 1.69. The first kappa shape index (κ1) is 12.4. The van der Waals surface area contributed by atoms with Gasteiger partial charge in [0.1, 0.15) is 6.33 Å². The van der Waals surface area contributed by atoms with Gasteiger partial charge in [0.15, 0.2) is 5.82 Å². The van der Waals surface area contributed by atoms with E-state index in [0.717, 1.165) is 12.1 Å². The predicted molar refractivity (Wildman–Crippen MR) is 70.3 cm³/mol. The Morgan fingerprint density at radius 1 is 1.24 bits per heavy atom. The number of rotatable bonds is 3. The van der Waals surface area contributed by atoms with Crippen molar-refractivity contribution in [1.82, 2.24) is 14.8 Å². The molecule has 0 saturated heterocycles. The van der Waals surface area contributed by atoms with Gasteiger partial charge in [-0.1, -0.05) is 43.1 Å². The molecule has 0 N–H and O–H groups in total. The molecule has 0 aliphatic rings. The van der Waals surface area contributed by atoms with Crippen LogP contribution in [0.4, 0.5) is 0 Å². The average molecular weight is 270 g/mol. The molecule has 0 atom stereocenters. The highest BCUT2D eigenvalue weighted by molar-refractivity contribution is 6.38. The van der Waals surface area contributed by atoms with Crippen LogP contribution in [-0.4, -0.2) is 14.8 Å². The van der Waals surface area contributed by atoms with Crippen molar-refractivity contribution < 1.29 is 0 Å². The largest absolute Gasteiger partial charge is 0.313 e. The van der Waals surface area contributed by atoms with Gasteiger partial charge in [-0.25, -0.2) is 0 Å². The second-order valence-corrected chi connectivity index (χ2v) is 5.11. The third-order valence-corrected chi connectivity index (χ3v) is 2.99. The van der Waals surface area contributed by atoms with E-state index >= 15 is 0 Å². The van der Waals surface area contributed by atoms with Gasteiger partial charge in [-0.05, 0) is 18.1 Å². The molecule has 3 nitrogen and oxygen atoms in total. The van der Waals surface area contributed by atoms with Crippen LogP contribution in [0, 0.1) is 5.92 Å². The standard InChI is InChI=1S/C12H13Cl2N3/c1-8(2)6-17-7-15-16-12(17)11-9(13)4-3-5-10(11)14/h3-5,7-8H,6H2,1-2H3. The van der Waals surface area contributed by atoms with Crippen molar-refractivity contribution in [2.24, 2.45) is 5.92 Å². The van der Waals surface area contributed by atoms with E-state index in [0.29, 0.717) is 21.8 Å². The molecule has 0 radical (unpaired) electrons. The summed E-state index contributed by atoms with van der Waals surface area (Å²) in [5, 5.41) is 9.22. The smallest absolute Gasteiger partial charge is 0.166 e. The lowest BCUT2D eigenvalue weighted by Gasteiger charge is -2.11. The SMILES string of the molecule is CC(C)Cn1cnnc1-c1c(Cl)cccc1Cl. The summed E-state index contributed by atoms with van der Waals surface area (Å²) in [5.74, 6) is 1.22. The summed E-state index contributed by atoms with van der Waals surface area (Å²) in [6.07, 6.45) is 1.70. The first-order valence-corrected chi connectivity index (χ1v) is 6.17. The van der Waals surface area contributed by atoms with E-state index in [2.05, 4.69) is 24.0 Å². The Balaban J connectivity index is 2.50. The summed E-state index contributed by atoms with van der Waals surface area (Å²) >= 11 is 12.3. The van der Waals surface area contributed by atoms with Crippen molar-refractivity contribution in [3.8, 4) is 11.4 Å². The molecule has 0 aliphatic carbocycles. The van der Waals surface area contributed by atoms with E-state index in [1.54, 1.807) is 18.5 Å². The van der Waals surface area contributed by atoms with E-state index in [-0.39, 0.29) is 0 Å². The number of hydrogen-bond donors (Lipinski definition) is 0. The van der Waals surface area contributed by atoms with Crippen LogP contribution in [0.25, 0.3) is 11.4 Å². The van der Waals surface area contributed by atoms with Gasteiger partial charge in [0.2, 0.25) is 0 Å². The third-order valence-electron chi connectivity index (χ3n) is 2.36. The lowest BCUT2D eigenvalue weighted by Crippen LogP contribution is -2.05. The first-order valence-electron chi connectivity index (χ1n) is 5.41. The van der Waals surface area contributed by atoms with Crippen molar-refractivity contribution in [2.45, 2.75) is 20.4 Å². The Morgan fingerprint density at radius 3 is 2.47 bits per heavy atom. The maximum Gasteiger partial charge on any atom is 0.166 e. The van der Waals surface area contributed by atoms with Gasteiger partial charge in [0, 0.05) is 6.54 Å². The summed E-state index contributed by atoms with van der Waals surface area (Å²) < 4.78 is 1.97. The van der Waals surface area contributed by atoms with Crippen LogP contribution >= 0.6 is 23.2 Å². The summed E-state index contributed by atoms with van der Waals surface area (Å²) in [6.45, 7) is 5.11. The van der Waals surface area contributed by atoms with Crippen LogP contribution in [0.3, 0.4) is 0 Å². The zero-order valence-electron chi connectivity index (χ0n) is 9.69. The van der Waals surface area contributed by atoms with Gasteiger partial charge in [-0.15, -0.1) is 10.2 Å². The second kappa shape index (κ2) is 5.07. The molecule has 0 spiro atoms. The minimum atomic E-state index is 0.506. The zero-order valence-corrected chi connectivity index (χ0v) is 11.2. The molecule has 1 aromatic carbocycles. The predicted octanol–water partition coefficient (Wildman–Crippen LogP) is 3.91. The monoisotopic (exact) mass is 269 g/mol. The lowest BCUT2D eigenvalue weighted by molar-refractivity contribution is 0.525. The van der Waals surface area contributed by atoms with Gasteiger partial charge >= 0.3 is 0 Å². The van der Waals surface area contributed by atoms with E-state index in [4.69, 9.17) is 23.2 Å². The molecular weight excluding hydrogens is 257 g/mol. The number of halogens is 2. The summed E-state index contributed by atoms with van der Waals surface area (Å²) in [4.78, 5) is 0. The molecule has 2 aromatic rings. The highest BCUT2D eigenvalue weighted by Crippen LogP contribution is 2.33. The van der Waals surface area contributed by atoms with Crippen LogP contribution in [-0.2, 0) is 6.54 Å². The van der Waals surface area contributed by atoms with E-state index in [9.17, 15) is 0 Å². The quantitative estimate of drug-likeness (QED) is 0.846. The maximum absolute atomic E-state index is 6.16. The Bertz CT molecular complexity index is 500. The van der Waals surface area contributed by atoms with Crippen molar-refractivity contribution >= 4 is 23.2 Å². The molecule has 0 bridgehead atoms. The molecule has 1 heterocycles. The Labute approximate surface area is 110 Å². The highest BCUT2D eigenvalue weighted by Gasteiger charge is 2.15. The fourth-order valence-corrected chi connectivity index (χ4v) is 2.25. The van der Waals surface area contributed by atoms with Gasteiger partial charge in [0.25, 0.3) is 0 Å². The Morgan fingerprint density at radius 2 is 1.88 bits per heavy atom. The Kier molecular flexibility index (Phi) is 3.69. The van der Waals surface area contributed by atoms with Gasteiger partial charge in [-0.2, -0.15) is 0 Å². The Hall–Kier alpha value is -1.06. The molecule has 0 aliphatic heterocycles. The molecule has 17 heavy (non-hydrogen) atoms. The second-order valence-electron chi connectivity index (χ2n) is 4.30. The summed E-state index contributed by atoms with van der Waals surface area (Å²) in [6, 6.07) is 5.42. The van der Waals surface area contributed by atoms with Crippen molar-refractivity contribution in [2.75, 3.05) is 0 Å². The molecule has 0 unspecified atom stereocenters.